The van der Waals surface area contributed by atoms with Gasteiger partial charge in [0, 0.05) is 5.54 Å². The predicted octanol–water partition coefficient (Wildman–Crippen LogP) is 2.13. The molecule has 0 bridgehead atoms. The van der Waals surface area contributed by atoms with Gasteiger partial charge in [0.2, 0.25) is 0 Å². The number of hydrogen-bond donors (Lipinski definition) is 1. The average molecular weight is 173 g/mol. The normalized spacial score (nSPS) is 27.0. The Labute approximate surface area is 74.3 Å². The second kappa shape index (κ2) is 3.81. The Balaban J connectivity index is 2.43. The third-order valence-corrected chi connectivity index (χ3v) is 4.04. The van der Waals surface area contributed by atoms with E-state index >= 15 is 0 Å². The smallest absolute Gasteiger partial charge is 0.0158 e. The van der Waals surface area contributed by atoms with Gasteiger partial charge in [-0.05, 0) is 51.2 Å². The molecule has 1 N–H and O–H groups in total. The van der Waals surface area contributed by atoms with Crippen molar-refractivity contribution in [1.82, 2.24) is 5.32 Å². The van der Waals surface area contributed by atoms with Gasteiger partial charge >= 0.3 is 0 Å². The molecule has 1 aliphatic heterocycles. The summed E-state index contributed by atoms with van der Waals surface area (Å²) in [5.74, 6) is 3.58. The first-order valence-electron chi connectivity index (χ1n) is 4.43. The zero-order valence-electron chi connectivity index (χ0n) is 7.81. The summed E-state index contributed by atoms with van der Waals surface area (Å²) in [5.41, 5.74) is 0.341. The van der Waals surface area contributed by atoms with Crippen LogP contribution in [0.25, 0.3) is 0 Å². The molecule has 66 valence electrons. The fraction of sp³-hybridized carbons (Fsp3) is 1.00. The van der Waals surface area contributed by atoms with Crippen molar-refractivity contribution in [2.24, 2.45) is 5.92 Å². The molecule has 0 aliphatic carbocycles. The molecule has 1 atom stereocenters. The highest BCUT2D eigenvalue weighted by Gasteiger charge is 2.28. The van der Waals surface area contributed by atoms with Gasteiger partial charge in [-0.1, -0.05) is 0 Å². The van der Waals surface area contributed by atoms with Gasteiger partial charge in [0.25, 0.3) is 0 Å². The minimum Gasteiger partial charge on any atom is -0.315 e. The molecular formula is C9H19NS. The maximum Gasteiger partial charge on any atom is 0.0158 e. The van der Waals surface area contributed by atoms with Crippen LogP contribution in [0.4, 0.5) is 0 Å². The second-order valence-electron chi connectivity index (χ2n) is 3.89. The van der Waals surface area contributed by atoms with Gasteiger partial charge in [-0.15, -0.1) is 0 Å². The molecular weight excluding hydrogens is 154 g/mol. The summed E-state index contributed by atoms with van der Waals surface area (Å²) in [6, 6.07) is 0. The van der Waals surface area contributed by atoms with E-state index < -0.39 is 0 Å². The van der Waals surface area contributed by atoms with Crippen LogP contribution in [0.15, 0.2) is 0 Å². The van der Waals surface area contributed by atoms with Crippen molar-refractivity contribution < 1.29 is 0 Å². The minimum atomic E-state index is 0.341. The third-order valence-electron chi connectivity index (χ3n) is 2.83. The molecule has 0 aromatic heterocycles. The van der Waals surface area contributed by atoms with E-state index in [1.807, 2.05) is 0 Å². The molecule has 0 saturated carbocycles. The van der Waals surface area contributed by atoms with E-state index in [1.54, 1.807) is 0 Å². The van der Waals surface area contributed by atoms with Crippen LogP contribution in [-0.2, 0) is 0 Å². The Hall–Kier alpha value is 0.310. The first kappa shape index (κ1) is 9.40. The van der Waals surface area contributed by atoms with E-state index in [2.05, 4.69) is 38.0 Å². The average Bonchev–Trinajstić information content (AvgIpc) is 2.06. The fourth-order valence-corrected chi connectivity index (χ4v) is 2.92. The molecule has 1 saturated heterocycles. The number of hydrogen-bond acceptors (Lipinski definition) is 2. The molecule has 0 amide bonds. The highest BCUT2D eigenvalue weighted by atomic mass is 32.2. The summed E-state index contributed by atoms with van der Waals surface area (Å²) in [7, 11) is 2.07. The number of thioether (sulfide) groups is 1. The molecule has 1 aliphatic rings. The third kappa shape index (κ3) is 2.38. The molecule has 1 nitrogen and oxygen atoms in total. The maximum atomic E-state index is 3.40. The highest BCUT2D eigenvalue weighted by molar-refractivity contribution is 7.99. The summed E-state index contributed by atoms with van der Waals surface area (Å²) in [6.07, 6.45) is 2.81. The lowest BCUT2D eigenvalue weighted by molar-refractivity contribution is 0.274. The van der Waals surface area contributed by atoms with Gasteiger partial charge < -0.3 is 5.32 Å². The van der Waals surface area contributed by atoms with E-state index in [0.717, 1.165) is 5.92 Å². The van der Waals surface area contributed by atoms with E-state index in [9.17, 15) is 0 Å². The van der Waals surface area contributed by atoms with Crippen molar-refractivity contribution in [1.29, 1.82) is 0 Å². The Bertz CT molecular complexity index is 117. The van der Waals surface area contributed by atoms with Crippen LogP contribution >= 0.6 is 11.8 Å². The minimum absolute atomic E-state index is 0.341. The SMILES string of the molecule is CNC(C)(C)C1CCCSC1. The Morgan fingerprint density at radius 2 is 2.18 bits per heavy atom. The van der Waals surface area contributed by atoms with Gasteiger partial charge in [0.15, 0.2) is 0 Å². The van der Waals surface area contributed by atoms with Crippen molar-refractivity contribution in [2.45, 2.75) is 32.2 Å². The predicted molar refractivity (Wildman–Crippen MR) is 53.2 cm³/mol. The van der Waals surface area contributed by atoms with Crippen LogP contribution < -0.4 is 5.32 Å². The molecule has 0 aromatic carbocycles. The van der Waals surface area contributed by atoms with Crippen LogP contribution in [0.3, 0.4) is 0 Å². The lowest BCUT2D eigenvalue weighted by Crippen LogP contribution is -2.45. The van der Waals surface area contributed by atoms with Crippen molar-refractivity contribution >= 4 is 11.8 Å². The summed E-state index contributed by atoms with van der Waals surface area (Å²) in [6.45, 7) is 4.62. The zero-order valence-corrected chi connectivity index (χ0v) is 8.63. The molecule has 1 heterocycles. The van der Waals surface area contributed by atoms with Crippen LogP contribution in [0, 0.1) is 5.92 Å². The summed E-state index contributed by atoms with van der Waals surface area (Å²) in [5, 5.41) is 3.40. The molecule has 1 rings (SSSR count). The topological polar surface area (TPSA) is 12.0 Å². The Morgan fingerprint density at radius 1 is 1.45 bits per heavy atom. The number of rotatable bonds is 2. The monoisotopic (exact) mass is 173 g/mol. The van der Waals surface area contributed by atoms with Crippen LogP contribution in [0.1, 0.15) is 26.7 Å². The van der Waals surface area contributed by atoms with Crippen LogP contribution in [0.2, 0.25) is 0 Å². The zero-order chi connectivity index (χ0) is 8.32. The molecule has 0 spiro atoms. The molecule has 11 heavy (non-hydrogen) atoms. The van der Waals surface area contributed by atoms with E-state index in [-0.39, 0.29) is 0 Å². The summed E-state index contributed by atoms with van der Waals surface area (Å²) < 4.78 is 0. The largest absolute Gasteiger partial charge is 0.315 e. The molecule has 1 fully saturated rings. The quantitative estimate of drug-likeness (QED) is 0.686. The second-order valence-corrected chi connectivity index (χ2v) is 5.04. The first-order valence-corrected chi connectivity index (χ1v) is 5.59. The van der Waals surface area contributed by atoms with Crippen molar-refractivity contribution in [2.75, 3.05) is 18.6 Å². The standard InChI is InChI=1S/C9H19NS/c1-9(2,10-3)8-5-4-6-11-7-8/h8,10H,4-7H2,1-3H3. The van der Waals surface area contributed by atoms with Gasteiger partial charge in [-0.25, -0.2) is 0 Å². The molecule has 0 aromatic rings. The number of nitrogens with one attached hydrogen (secondary N) is 1. The van der Waals surface area contributed by atoms with E-state index in [1.165, 1.54) is 24.3 Å². The summed E-state index contributed by atoms with van der Waals surface area (Å²) in [4.78, 5) is 0. The Morgan fingerprint density at radius 3 is 2.64 bits per heavy atom. The van der Waals surface area contributed by atoms with Gasteiger partial charge in [0.1, 0.15) is 0 Å². The van der Waals surface area contributed by atoms with E-state index in [4.69, 9.17) is 0 Å². The first-order chi connectivity index (χ1) is 5.17. The lowest BCUT2D eigenvalue weighted by atomic mass is 9.85. The van der Waals surface area contributed by atoms with Crippen molar-refractivity contribution in [3.8, 4) is 0 Å². The Kier molecular flexibility index (Phi) is 3.26. The highest BCUT2D eigenvalue weighted by Crippen LogP contribution is 2.30. The fourth-order valence-electron chi connectivity index (χ4n) is 1.51. The van der Waals surface area contributed by atoms with Gasteiger partial charge in [0.05, 0.1) is 0 Å². The molecule has 1 unspecified atom stereocenters. The lowest BCUT2D eigenvalue weighted by Gasteiger charge is -2.36. The van der Waals surface area contributed by atoms with Gasteiger partial charge in [-0.2, -0.15) is 11.8 Å². The van der Waals surface area contributed by atoms with Gasteiger partial charge in [-0.3, -0.25) is 0 Å². The van der Waals surface area contributed by atoms with Crippen molar-refractivity contribution in [3.63, 3.8) is 0 Å². The van der Waals surface area contributed by atoms with Crippen LogP contribution in [0.5, 0.6) is 0 Å². The maximum absolute atomic E-state index is 3.40. The molecule has 2 heteroatoms. The summed E-state index contributed by atoms with van der Waals surface area (Å²) >= 11 is 2.11. The van der Waals surface area contributed by atoms with E-state index in [0.29, 0.717) is 5.54 Å². The van der Waals surface area contributed by atoms with Crippen molar-refractivity contribution in [3.05, 3.63) is 0 Å². The van der Waals surface area contributed by atoms with Crippen LogP contribution in [-0.4, -0.2) is 24.1 Å². The molecule has 0 radical (unpaired) electrons.